The van der Waals surface area contributed by atoms with Crippen molar-refractivity contribution in [2.45, 2.75) is 26.3 Å². The first-order valence-corrected chi connectivity index (χ1v) is 6.21. The molecule has 1 N–H and O–H groups in total. The van der Waals surface area contributed by atoms with E-state index in [2.05, 4.69) is 0 Å². The largest absolute Gasteiger partial charge is 0.479 e. The highest BCUT2D eigenvalue weighted by atomic mass is 35.5. The van der Waals surface area contributed by atoms with Gasteiger partial charge in [-0.25, -0.2) is 9.18 Å². The third-order valence-corrected chi connectivity index (χ3v) is 2.98. The summed E-state index contributed by atoms with van der Waals surface area (Å²) in [5, 5.41) is 9.20. The molecular weight excluding hydrogens is 273 g/mol. The van der Waals surface area contributed by atoms with Crippen LogP contribution in [-0.4, -0.2) is 28.4 Å². The molecule has 0 aliphatic carbocycles. The highest BCUT2D eigenvalue weighted by molar-refractivity contribution is 6.30. The second kappa shape index (κ2) is 6.52. The lowest BCUT2D eigenvalue weighted by atomic mass is 10.0. The number of hydrogen-bond donors (Lipinski definition) is 1. The number of aliphatic carboxylic acids is 1. The number of amides is 1. The Bertz CT molecular complexity index is 493. The van der Waals surface area contributed by atoms with Crippen LogP contribution in [0.3, 0.4) is 0 Å². The molecule has 1 aromatic carbocycles. The summed E-state index contributed by atoms with van der Waals surface area (Å²) in [5.41, 5.74) is 0.193. The molecule has 1 rings (SSSR count). The molecule has 0 radical (unpaired) electrons. The van der Waals surface area contributed by atoms with E-state index < -0.39 is 17.8 Å². The van der Waals surface area contributed by atoms with Crippen LogP contribution < -0.4 is 0 Å². The maximum Gasteiger partial charge on any atom is 0.331 e. The Morgan fingerprint density at radius 3 is 2.53 bits per heavy atom. The quantitative estimate of drug-likeness (QED) is 0.906. The smallest absolute Gasteiger partial charge is 0.331 e. The van der Waals surface area contributed by atoms with Crippen LogP contribution in [0.25, 0.3) is 0 Å². The van der Waals surface area contributed by atoms with Gasteiger partial charge in [-0.3, -0.25) is 4.79 Å². The number of nitrogens with zero attached hydrogens (tertiary/aromatic N) is 1. The van der Waals surface area contributed by atoms with Gasteiger partial charge in [-0.1, -0.05) is 24.6 Å². The van der Waals surface area contributed by atoms with Gasteiger partial charge in [0, 0.05) is 13.5 Å². The summed E-state index contributed by atoms with van der Waals surface area (Å²) in [6.45, 7) is 3.41. The molecule has 6 heteroatoms. The van der Waals surface area contributed by atoms with Crippen LogP contribution in [-0.2, 0) is 9.59 Å². The number of benzene rings is 1. The Hall–Kier alpha value is -1.62. The number of carboxylic acids is 1. The topological polar surface area (TPSA) is 57.6 Å². The van der Waals surface area contributed by atoms with Gasteiger partial charge in [-0.2, -0.15) is 0 Å². The standard InChI is InChI=1S/C13H15ClFNO3/c1-3-6-16(8(2)17)12(13(18)19)9-4-5-10(14)11(15)7-9/h4-5,7,12H,3,6H2,1-2H3,(H,18,19). The molecule has 0 heterocycles. The molecule has 0 saturated carbocycles. The van der Waals surface area contributed by atoms with Crippen LogP contribution in [0, 0.1) is 5.82 Å². The van der Waals surface area contributed by atoms with Crippen LogP contribution in [0.4, 0.5) is 4.39 Å². The molecule has 0 bridgehead atoms. The Balaban J connectivity index is 3.21. The van der Waals surface area contributed by atoms with Crippen molar-refractivity contribution in [3.63, 3.8) is 0 Å². The third-order valence-electron chi connectivity index (χ3n) is 2.67. The first-order valence-electron chi connectivity index (χ1n) is 5.83. The van der Waals surface area contributed by atoms with E-state index in [1.54, 1.807) is 0 Å². The van der Waals surface area contributed by atoms with Crippen molar-refractivity contribution in [2.24, 2.45) is 0 Å². The van der Waals surface area contributed by atoms with Gasteiger partial charge in [0.1, 0.15) is 5.82 Å². The summed E-state index contributed by atoms with van der Waals surface area (Å²) >= 11 is 5.57. The SMILES string of the molecule is CCCN(C(C)=O)C(C(=O)O)c1ccc(Cl)c(F)c1. The van der Waals surface area contributed by atoms with Crippen molar-refractivity contribution in [2.75, 3.05) is 6.54 Å². The minimum atomic E-state index is -1.20. The van der Waals surface area contributed by atoms with Gasteiger partial charge in [-0.15, -0.1) is 0 Å². The molecule has 1 amide bonds. The van der Waals surface area contributed by atoms with Crippen molar-refractivity contribution >= 4 is 23.5 Å². The van der Waals surface area contributed by atoms with Crippen LogP contribution in [0.5, 0.6) is 0 Å². The van der Waals surface area contributed by atoms with Crippen LogP contribution in [0.15, 0.2) is 18.2 Å². The maximum atomic E-state index is 13.4. The number of carboxylic acid groups (broad SMARTS) is 1. The predicted molar refractivity (Wildman–Crippen MR) is 69.5 cm³/mol. The van der Waals surface area contributed by atoms with E-state index in [-0.39, 0.29) is 23.0 Å². The molecule has 0 spiro atoms. The first kappa shape index (κ1) is 15.4. The van der Waals surface area contributed by atoms with Gasteiger partial charge in [-0.05, 0) is 24.1 Å². The van der Waals surface area contributed by atoms with E-state index in [1.165, 1.54) is 24.0 Å². The first-order chi connectivity index (χ1) is 8.88. The van der Waals surface area contributed by atoms with Crippen LogP contribution in [0.1, 0.15) is 31.9 Å². The highest BCUT2D eigenvalue weighted by Crippen LogP contribution is 2.25. The fraction of sp³-hybridized carbons (Fsp3) is 0.385. The van der Waals surface area contributed by atoms with E-state index in [0.29, 0.717) is 6.42 Å². The number of halogens is 2. The molecule has 0 aromatic heterocycles. The van der Waals surface area contributed by atoms with Crippen LogP contribution in [0.2, 0.25) is 5.02 Å². The number of carbonyl (C=O) groups excluding carboxylic acids is 1. The monoisotopic (exact) mass is 287 g/mol. The lowest BCUT2D eigenvalue weighted by Crippen LogP contribution is -2.38. The molecule has 1 aromatic rings. The molecule has 4 nitrogen and oxygen atoms in total. The summed E-state index contributed by atoms with van der Waals surface area (Å²) in [4.78, 5) is 24.1. The zero-order valence-electron chi connectivity index (χ0n) is 10.7. The third kappa shape index (κ3) is 3.67. The van der Waals surface area contributed by atoms with E-state index in [1.807, 2.05) is 6.92 Å². The zero-order valence-corrected chi connectivity index (χ0v) is 11.4. The molecule has 0 aliphatic rings. The van der Waals surface area contributed by atoms with Crippen LogP contribution >= 0.6 is 11.6 Å². The molecule has 1 atom stereocenters. The van der Waals surface area contributed by atoms with E-state index >= 15 is 0 Å². The molecular formula is C13H15ClFNO3. The molecule has 1 unspecified atom stereocenters. The fourth-order valence-electron chi connectivity index (χ4n) is 1.85. The van der Waals surface area contributed by atoms with Crippen molar-refractivity contribution in [1.29, 1.82) is 0 Å². The minimum Gasteiger partial charge on any atom is -0.479 e. The van der Waals surface area contributed by atoms with Gasteiger partial charge in [0.25, 0.3) is 0 Å². The van der Waals surface area contributed by atoms with Crippen molar-refractivity contribution in [3.8, 4) is 0 Å². The lowest BCUT2D eigenvalue weighted by Gasteiger charge is -2.28. The van der Waals surface area contributed by atoms with E-state index in [4.69, 9.17) is 11.6 Å². The fourth-order valence-corrected chi connectivity index (χ4v) is 1.97. The molecule has 0 saturated heterocycles. The lowest BCUT2D eigenvalue weighted by molar-refractivity contribution is -0.149. The second-order valence-electron chi connectivity index (χ2n) is 4.13. The number of carbonyl (C=O) groups is 2. The van der Waals surface area contributed by atoms with Gasteiger partial charge < -0.3 is 10.0 Å². The summed E-state index contributed by atoms with van der Waals surface area (Å²) in [7, 11) is 0. The molecule has 19 heavy (non-hydrogen) atoms. The zero-order chi connectivity index (χ0) is 14.6. The normalized spacial score (nSPS) is 12.0. The molecule has 0 aliphatic heterocycles. The van der Waals surface area contributed by atoms with Gasteiger partial charge in [0.15, 0.2) is 6.04 Å². The molecule has 104 valence electrons. The Morgan fingerprint density at radius 1 is 1.47 bits per heavy atom. The average molecular weight is 288 g/mol. The van der Waals surface area contributed by atoms with Crippen molar-refractivity contribution < 1.29 is 19.1 Å². The summed E-state index contributed by atoms with van der Waals surface area (Å²) in [5.74, 6) is -2.28. The van der Waals surface area contributed by atoms with E-state index in [0.717, 1.165) is 6.07 Å². The average Bonchev–Trinajstić information content (AvgIpc) is 2.32. The predicted octanol–water partition coefficient (Wildman–Crippen LogP) is 2.86. The number of rotatable bonds is 5. The van der Waals surface area contributed by atoms with Gasteiger partial charge in [0.05, 0.1) is 5.02 Å². The van der Waals surface area contributed by atoms with Gasteiger partial charge >= 0.3 is 5.97 Å². The summed E-state index contributed by atoms with van der Waals surface area (Å²) in [6.07, 6.45) is 0.611. The Kier molecular flexibility index (Phi) is 5.30. The Morgan fingerprint density at radius 2 is 2.11 bits per heavy atom. The minimum absolute atomic E-state index is 0.0854. The Labute approximate surface area is 115 Å². The number of hydrogen-bond acceptors (Lipinski definition) is 2. The highest BCUT2D eigenvalue weighted by Gasteiger charge is 2.29. The second-order valence-corrected chi connectivity index (χ2v) is 4.53. The van der Waals surface area contributed by atoms with Crippen molar-refractivity contribution in [1.82, 2.24) is 4.90 Å². The maximum absolute atomic E-state index is 13.4. The van der Waals surface area contributed by atoms with E-state index in [9.17, 15) is 19.1 Å². The van der Waals surface area contributed by atoms with Gasteiger partial charge in [0.2, 0.25) is 5.91 Å². The molecule has 0 fully saturated rings. The summed E-state index contributed by atoms with van der Waals surface area (Å²) < 4.78 is 13.4. The van der Waals surface area contributed by atoms with Crippen molar-refractivity contribution in [3.05, 3.63) is 34.6 Å². The summed E-state index contributed by atoms with van der Waals surface area (Å²) in [6, 6.07) is 2.54.